The minimum absolute atomic E-state index is 0.113. The number of nitrogen functional groups attached to an aromatic ring is 1. The van der Waals surface area contributed by atoms with E-state index < -0.39 is 11.6 Å². The van der Waals surface area contributed by atoms with Gasteiger partial charge in [-0.05, 0) is 34.3 Å². The molecule has 0 bridgehead atoms. The van der Waals surface area contributed by atoms with Gasteiger partial charge in [0.15, 0.2) is 22.6 Å². The maximum absolute atomic E-state index is 13.4. The van der Waals surface area contributed by atoms with Crippen LogP contribution in [0.25, 0.3) is 17.2 Å². The van der Waals surface area contributed by atoms with E-state index in [-0.39, 0.29) is 17.6 Å². The summed E-state index contributed by atoms with van der Waals surface area (Å²) in [7, 11) is 0. The number of nitrogens with two attached hydrogens (primary N) is 1. The molecule has 0 spiro atoms. The van der Waals surface area contributed by atoms with E-state index in [1.165, 1.54) is 16.3 Å². The molecule has 0 aliphatic rings. The van der Waals surface area contributed by atoms with Gasteiger partial charge >= 0.3 is 0 Å². The average Bonchev–Trinajstić information content (AvgIpc) is 2.87. The summed E-state index contributed by atoms with van der Waals surface area (Å²) in [6, 6.07) is 2.02. The van der Waals surface area contributed by atoms with Crippen molar-refractivity contribution < 1.29 is 8.78 Å². The van der Waals surface area contributed by atoms with Crippen molar-refractivity contribution in [3.63, 3.8) is 0 Å². The van der Waals surface area contributed by atoms with Crippen LogP contribution in [0, 0.1) is 11.6 Å². The van der Waals surface area contributed by atoms with E-state index in [4.69, 9.17) is 5.73 Å². The van der Waals surface area contributed by atoms with Crippen LogP contribution in [0.15, 0.2) is 21.8 Å². The van der Waals surface area contributed by atoms with Gasteiger partial charge in [0.25, 0.3) is 5.78 Å². The number of benzene rings is 1. The van der Waals surface area contributed by atoms with Gasteiger partial charge in [-0.3, -0.25) is 0 Å². The van der Waals surface area contributed by atoms with Gasteiger partial charge in [0, 0.05) is 10.0 Å². The van der Waals surface area contributed by atoms with E-state index in [1.807, 2.05) is 0 Å². The quantitative estimate of drug-likeness (QED) is 0.549. The van der Waals surface area contributed by atoms with Crippen LogP contribution >= 0.6 is 27.7 Å². The largest absolute Gasteiger partial charge is 0.368 e. The number of aromatic nitrogens is 5. The second-order valence-corrected chi connectivity index (χ2v) is 5.59. The minimum atomic E-state index is -0.990. The Kier molecular flexibility index (Phi) is 3.49. The summed E-state index contributed by atoms with van der Waals surface area (Å²) >= 11 is 4.46. The van der Waals surface area contributed by atoms with Crippen molar-refractivity contribution >= 4 is 39.4 Å². The van der Waals surface area contributed by atoms with E-state index >= 15 is 0 Å². The first-order valence-corrected chi connectivity index (χ1v) is 7.60. The van der Waals surface area contributed by atoms with Crippen LogP contribution in [0.3, 0.4) is 0 Å². The molecule has 3 rings (SSSR count). The summed E-state index contributed by atoms with van der Waals surface area (Å²) in [4.78, 5) is 12.3. The van der Waals surface area contributed by atoms with Crippen molar-refractivity contribution in [1.82, 2.24) is 24.6 Å². The maximum Gasteiger partial charge on any atom is 0.258 e. The molecule has 1 aromatic carbocycles. The third-order valence-electron chi connectivity index (χ3n) is 2.65. The highest BCUT2D eigenvalue weighted by Gasteiger charge is 2.16. The van der Waals surface area contributed by atoms with E-state index in [0.717, 1.165) is 12.1 Å². The van der Waals surface area contributed by atoms with Crippen LogP contribution in [0.4, 0.5) is 14.7 Å². The van der Waals surface area contributed by atoms with E-state index in [9.17, 15) is 8.78 Å². The van der Waals surface area contributed by atoms with E-state index in [0.29, 0.717) is 15.2 Å². The molecule has 2 heterocycles. The first-order valence-electron chi connectivity index (χ1n) is 5.59. The van der Waals surface area contributed by atoms with Crippen molar-refractivity contribution in [3.05, 3.63) is 28.2 Å². The average molecular weight is 373 g/mol. The minimum Gasteiger partial charge on any atom is -0.368 e. The third-order valence-corrected chi connectivity index (χ3v) is 3.85. The van der Waals surface area contributed by atoms with Crippen LogP contribution in [0.5, 0.6) is 0 Å². The van der Waals surface area contributed by atoms with Crippen molar-refractivity contribution in [2.24, 2.45) is 0 Å². The lowest BCUT2D eigenvalue weighted by molar-refractivity contribution is 0.508. The highest BCUT2D eigenvalue weighted by molar-refractivity contribution is 9.10. The molecule has 0 radical (unpaired) electrons. The van der Waals surface area contributed by atoms with Crippen LogP contribution < -0.4 is 5.73 Å². The van der Waals surface area contributed by atoms with Crippen LogP contribution in [-0.2, 0) is 0 Å². The Bertz CT molecular complexity index is 852. The molecular weight excluding hydrogens is 366 g/mol. The number of hydrogen-bond acceptors (Lipinski definition) is 6. The molecule has 0 saturated carbocycles. The molecule has 3 aromatic rings. The van der Waals surface area contributed by atoms with E-state index in [1.54, 1.807) is 6.26 Å². The molecule has 2 aromatic heterocycles. The topological polar surface area (TPSA) is 82.0 Å². The number of halogens is 3. The highest BCUT2D eigenvalue weighted by Crippen LogP contribution is 2.28. The first kappa shape index (κ1) is 14.1. The van der Waals surface area contributed by atoms with Crippen LogP contribution in [-0.4, -0.2) is 30.8 Å². The van der Waals surface area contributed by atoms with Gasteiger partial charge in [0.05, 0.1) is 0 Å². The van der Waals surface area contributed by atoms with Gasteiger partial charge in [-0.1, -0.05) is 11.8 Å². The molecule has 21 heavy (non-hydrogen) atoms. The first-order chi connectivity index (χ1) is 9.99. The molecule has 0 unspecified atom stereocenters. The number of thioether (sulfide) groups is 1. The predicted molar refractivity (Wildman–Crippen MR) is 77.8 cm³/mol. The monoisotopic (exact) mass is 372 g/mol. The van der Waals surface area contributed by atoms with Crippen LogP contribution in [0.2, 0.25) is 0 Å². The van der Waals surface area contributed by atoms with Crippen LogP contribution in [0.1, 0.15) is 0 Å². The fourth-order valence-electron chi connectivity index (χ4n) is 1.69. The Morgan fingerprint density at radius 2 is 1.90 bits per heavy atom. The molecule has 2 N–H and O–H groups in total. The van der Waals surface area contributed by atoms with Gasteiger partial charge in [-0.25, -0.2) is 8.78 Å². The zero-order valence-electron chi connectivity index (χ0n) is 10.5. The lowest BCUT2D eigenvalue weighted by Gasteiger charge is -2.00. The normalized spacial score (nSPS) is 11.2. The standard InChI is InChI=1S/C11H7BrF2N6S/c1-21-11-17-9(15)20-10(18-11)16-8(19-20)4-2-6(13)7(14)3-5(4)12/h2-3H,1H3,(H2,15,16,17,18,19). The molecular formula is C11H7BrF2N6S. The third kappa shape index (κ3) is 2.44. The molecule has 0 saturated heterocycles. The van der Waals surface area contributed by atoms with Gasteiger partial charge < -0.3 is 5.73 Å². The lowest BCUT2D eigenvalue weighted by Crippen LogP contribution is -2.04. The molecule has 0 amide bonds. The lowest BCUT2D eigenvalue weighted by atomic mass is 10.2. The van der Waals surface area contributed by atoms with Crippen molar-refractivity contribution in [2.45, 2.75) is 5.16 Å². The molecule has 6 nitrogen and oxygen atoms in total. The fraction of sp³-hybridized carbons (Fsp3) is 0.0909. The molecule has 0 aliphatic carbocycles. The van der Waals surface area contributed by atoms with Crippen molar-refractivity contribution in [1.29, 1.82) is 0 Å². The maximum atomic E-state index is 13.4. The summed E-state index contributed by atoms with van der Waals surface area (Å²) in [6.45, 7) is 0. The highest BCUT2D eigenvalue weighted by atomic mass is 79.9. The molecule has 0 atom stereocenters. The fourth-order valence-corrected chi connectivity index (χ4v) is 2.54. The molecule has 0 aliphatic heterocycles. The Labute approximate surface area is 129 Å². The Morgan fingerprint density at radius 3 is 2.62 bits per heavy atom. The number of hydrogen-bond donors (Lipinski definition) is 1. The van der Waals surface area contributed by atoms with Gasteiger partial charge in [0.1, 0.15) is 0 Å². The Hall–Kier alpha value is -1.81. The summed E-state index contributed by atoms with van der Waals surface area (Å²) in [6.07, 6.45) is 1.80. The molecule has 10 heteroatoms. The second-order valence-electron chi connectivity index (χ2n) is 3.96. The Balaban J connectivity index is 2.22. The zero-order valence-corrected chi connectivity index (χ0v) is 12.9. The van der Waals surface area contributed by atoms with Crippen molar-refractivity contribution in [3.8, 4) is 11.4 Å². The zero-order chi connectivity index (χ0) is 15.1. The summed E-state index contributed by atoms with van der Waals surface area (Å²) < 4.78 is 28.1. The van der Waals surface area contributed by atoms with Gasteiger partial charge in [-0.15, -0.1) is 5.10 Å². The number of nitrogens with zero attached hydrogens (tertiary/aromatic N) is 5. The predicted octanol–water partition coefficient (Wildman–Crippen LogP) is 2.53. The summed E-state index contributed by atoms with van der Waals surface area (Å²) in [5.74, 6) is -1.44. The number of anilines is 1. The van der Waals surface area contributed by atoms with Gasteiger partial charge in [0.2, 0.25) is 5.95 Å². The van der Waals surface area contributed by atoms with Gasteiger partial charge in [-0.2, -0.15) is 19.5 Å². The second kappa shape index (κ2) is 5.19. The summed E-state index contributed by atoms with van der Waals surface area (Å²) in [5.41, 5.74) is 6.06. The summed E-state index contributed by atoms with van der Waals surface area (Å²) in [5, 5.41) is 4.56. The molecule has 108 valence electrons. The Morgan fingerprint density at radius 1 is 1.19 bits per heavy atom. The van der Waals surface area contributed by atoms with E-state index in [2.05, 4.69) is 36.0 Å². The van der Waals surface area contributed by atoms with Crippen molar-refractivity contribution in [2.75, 3.05) is 12.0 Å². The SMILES string of the molecule is CSc1nc(N)n2nc(-c3cc(F)c(F)cc3Br)nc2n1. The number of fused-ring (bicyclic) bond motifs is 1. The smallest absolute Gasteiger partial charge is 0.258 e. The molecule has 0 fully saturated rings. The number of rotatable bonds is 2.